The molecule has 0 atom stereocenters. The van der Waals surface area contributed by atoms with Crippen molar-refractivity contribution in [1.82, 2.24) is 5.32 Å². The molecule has 23 heavy (non-hydrogen) atoms. The summed E-state index contributed by atoms with van der Waals surface area (Å²) in [6.45, 7) is 0.257. The first kappa shape index (κ1) is 16.2. The number of anilines is 1. The van der Waals surface area contributed by atoms with Gasteiger partial charge in [-0.3, -0.25) is 4.79 Å². The maximum atomic E-state index is 13.5. The highest BCUT2D eigenvalue weighted by atomic mass is 19.1. The Balaban J connectivity index is 2.02. The fraction of sp³-hybridized carbons (Fsp3) is 0.0588. The van der Waals surface area contributed by atoms with Gasteiger partial charge < -0.3 is 10.6 Å². The summed E-state index contributed by atoms with van der Waals surface area (Å²) >= 11 is 0. The summed E-state index contributed by atoms with van der Waals surface area (Å²) in [5, 5.41) is 14.0. The van der Waals surface area contributed by atoms with Crippen molar-refractivity contribution in [2.24, 2.45) is 0 Å². The Bertz CT molecular complexity index is 767. The largest absolute Gasteiger partial charge is 0.358 e. The molecule has 2 N–H and O–H groups in total. The van der Waals surface area contributed by atoms with E-state index in [1.165, 1.54) is 0 Å². The third-order valence-electron chi connectivity index (χ3n) is 2.96. The van der Waals surface area contributed by atoms with Crippen LogP contribution in [0.3, 0.4) is 0 Å². The van der Waals surface area contributed by atoms with E-state index in [1.807, 2.05) is 30.3 Å². The quantitative estimate of drug-likeness (QED) is 0.658. The normalized spacial score (nSPS) is 10.7. The molecule has 116 valence electrons. The third kappa shape index (κ3) is 4.64. The fourth-order valence-electron chi connectivity index (χ4n) is 1.78. The minimum atomic E-state index is -0.690. The zero-order chi connectivity index (χ0) is 16.7. The van der Waals surface area contributed by atoms with E-state index in [1.54, 1.807) is 6.07 Å². The fourth-order valence-corrected chi connectivity index (χ4v) is 1.78. The summed E-state index contributed by atoms with van der Waals surface area (Å²) in [6, 6.07) is 13.7. The van der Waals surface area contributed by atoms with Crippen LogP contribution < -0.4 is 10.6 Å². The molecule has 0 saturated carbocycles. The van der Waals surface area contributed by atoms with Crippen molar-refractivity contribution < 1.29 is 13.6 Å². The number of nitriles is 1. The first-order valence-electron chi connectivity index (χ1n) is 6.74. The molecule has 0 spiro atoms. The lowest BCUT2D eigenvalue weighted by Gasteiger charge is -2.06. The molecule has 0 aliphatic carbocycles. The van der Waals surface area contributed by atoms with Crippen LogP contribution in [0.4, 0.5) is 14.5 Å². The van der Waals surface area contributed by atoms with Gasteiger partial charge in [-0.05, 0) is 17.7 Å². The predicted molar refractivity (Wildman–Crippen MR) is 82.0 cm³/mol. The van der Waals surface area contributed by atoms with Crippen LogP contribution in [0.15, 0.2) is 60.3 Å². The number of nitrogens with zero attached hydrogens (tertiary/aromatic N) is 1. The number of hydrogen-bond donors (Lipinski definition) is 2. The summed E-state index contributed by atoms with van der Waals surface area (Å²) in [6.07, 6.45) is 1.04. The number of carbonyl (C=O) groups is 1. The monoisotopic (exact) mass is 313 g/mol. The molecule has 0 aliphatic rings. The van der Waals surface area contributed by atoms with Crippen LogP contribution in [0.5, 0.6) is 0 Å². The Labute approximate surface area is 132 Å². The van der Waals surface area contributed by atoms with Crippen LogP contribution in [-0.4, -0.2) is 5.91 Å². The minimum absolute atomic E-state index is 0.159. The molecular formula is C17H13F2N3O. The molecule has 0 saturated heterocycles. The van der Waals surface area contributed by atoms with Crippen LogP contribution in [0.25, 0.3) is 0 Å². The lowest BCUT2D eigenvalue weighted by atomic mass is 10.2. The van der Waals surface area contributed by atoms with E-state index in [2.05, 4.69) is 10.6 Å². The molecule has 6 heteroatoms. The topological polar surface area (TPSA) is 64.9 Å². The van der Waals surface area contributed by atoms with Gasteiger partial charge in [-0.2, -0.15) is 5.26 Å². The van der Waals surface area contributed by atoms with E-state index in [0.717, 1.165) is 30.0 Å². The van der Waals surface area contributed by atoms with E-state index in [0.29, 0.717) is 0 Å². The second kappa shape index (κ2) is 7.71. The van der Waals surface area contributed by atoms with Gasteiger partial charge in [-0.25, -0.2) is 8.78 Å². The highest BCUT2D eigenvalue weighted by Gasteiger charge is 2.09. The number of carbonyl (C=O) groups excluding carboxylic acids is 1. The van der Waals surface area contributed by atoms with E-state index in [4.69, 9.17) is 5.26 Å². The summed E-state index contributed by atoms with van der Waals surface area (Å²) in [5.74, 6) is -1.93. The van der Waals surface area contributed by atoms with Gasteiger partial charge in [0.1, 0.15) is 23.3 Å². The smallest absolute Gasteiger partial charge is 0.263 e. The molecule has 2 aromatic rings. The van der Waals surface area contributed by atoms with Gasteiger partial charge in [-0.15, -0.1) is 0 Å². The summed E-state index contributed by atoms with van der Waals surface area (Å²) in [7, 11) is 0. The zero-order valence-electron chi connectivity index (χ0n) is 12.0. The molecule has 0 aliphatic heterocycles. The van der Waals surface area contributed by atoms with Crippen molar-refractivity contribution in [2.75, 3.05) is 5.32 Å². The predicted octanol–water partition coefficient (Wildman–Crippen LogP) is 3.10. The van der Waals surface area contributed by atoms with Gasteiger partial charge in [0.2, 0.25) is 0 Å². The highest BCUT2D eigenvalue weighted by Crippen LogP contribution is 2.15. The summed E-state index contributed by atoms with van der Waals surface area (Å²) in [4.78, 5) is 11.9. The van der Waals surface area contributed by atoms with Crippen molar-refractivity contribution in [3.63, 3.8) is 0 Å². The maximum Gasteiger partial charge on any atom is 0.263 e. The number of amides is 1. The van der Waals surface area contributed by atoms with Gasteiger partial charge in [-0.1, -0.05) is 30.3 Å². The Kier molecular flexibility index (Phi) is 5.42. The van der Waals surface area contributed by atoms with Crippen molar-refractivity contribution in [3.8, 4) is 6.07 Å². The molecular weight excluding hydrogens is 300 g/mol. The Morgan fingerprint density at radius 1 is 1.17 bits per heavy atom. The SMILES string of the molecule is N#C/C(=C/Nc1cc(F)ccc1F)C(=O)NCc1ccccc1. The Morgan fingerprint density at radius 3 is 2.61 bits per heavy atom. The average molecular weight is 313 g/mol. The minimum Gasteiger partial charge on any atom is -0.358 e. The lowest BCUT2D eigenvalue weighted by Crippen LogP contribution is -2.24. The molecule has 0 bridgehead atoms. The van der Waals surface area contributed by atoms with Gasteiger partial charge in [0.15, 0.2) is 0 Å². The standard InChI is InChI=1S/C17H13F2N3O/c18-14-6-7-15(19)16(8-14)21-11-13(9-20)17(23)22-10-12-4-2-1-3-5-12/h1-8,11,21H,10H2,(H,22,23)/b13-11-. The highest BCUT2D eigenvalue weighted by molar-refractivity contribution is 5.97. The summed E-state index contributed by atoms with van der Waals surface area (Å²) in [5.41, 5.74) is 0.473. The van der Waals surface area contributed by atoms with E-state index in [9.17, 15) is 13.6 Å². The second-order valence-corrected chi connectivity index (χ2v) is 4.61. The van der Waals surface area contributed by atoms with Crippen LogP contribution in [0.2, 0.25) is 0 Å². The van der Waals surface area contributed by atoms with Crippen molar-refractivity contribution in [1.29, 1.82) is 5.26 Å². The third-order valence-corrected chi connectivity index (χ3v) is 2.96. The van der Waals surface area contributed by atoms with Gasteiger partial charge in [0.05, 0.1) is 5.69 Å². The number of benzene rings is 2. The molecule has 0 radical (unpaired) electrons. The van der Waals surface area contributed by atoms with Gasteiger partial charge >= 0.3 is 0 Å². The van der Waals surface area contributed by atoms with Crippen molar-refractivity contribution >= 4 is 11.6 Å². The first-order chi connectivity index (χ1) is 11.1. The van der Waals surface area contributed by atoms with Crippen LogP contribution in [-0.2, 0) is 11.3 Å². The molecule has 4 nitrogen and oxygen atoms in total. The molecule has 2 aromatic carbocycles. The van der Waals surface area contributed by atoms with E-state index in [-0.39, 0.29) is 17.8 Å². The first-order valence-corrected chi connectivity index (χ1v) is 6.74. The molecule has 0 aromatic heterocycles. The second-order valence-electron chi connectivity index (χ2n) is 4.61. The Morgan fingerprint density at radius 2 is 1.91 bits per heavy atom. The lowest BCUT2D eigenvalue weighted by molar-refractivity contribution is -0.117. The molecule has 1 amide bonds. The van der Waals surface area contributed by atoms with Crippen LogP contribution >= 0.6 is 0 Å². The Hall–Kier alpha value is -3.20. The maximum absolute atomic E-state index is 13.5. The zero-order valence-corrected chi connectivity index (χ0v) is 12.0. The van der Waals surface area contributed by atoms with E-state index < -0.39 is 17.5 Å². The molecule has 0 unspecified atom stereocenters. The van der Waals surface area contributed by atoms with Crippen LogP contribution in [0.1, 0.15) is 5.56 Å². The average Bonchev–Trinajstić information content (AvgIpc) is 2.57. The number of hydrogen-bond acceptors (Lipinski definition) is 3. The molecule has 2 rings (SSSR count). The molecule has 0 fully saturated rings. The number of nitrogens with one attached hydrogen (secondary N) is 2. The van der Waals surface area contributed by atoms with Gasteiger partial charge in [0.25, 0.3) is 5.91 Å². The van der Waals surface area contributed by atoms with Crippen LogP contribution in [0, 0.1) is 23.0 Å². The molecule has 0 heterocycles. The van der Waals surface area contributed by atoms with Crippen molar-refractivity contribution in [2.45, 2.75) is 6.54 Å². The van der Waals surface area contributed by atoms with E-state index >= 15 is 0 Å². The van der Waals surface area contributed by atoms with Crippen molar-refractivity contribution in [3.05, 3.63) is 77.5 Å². The summed E-state index contributed by atoms with van der Waals surface area (Å²) < 4.78 is 26.5. The number of halogens is 2. The van der Waals surface area contributed by atoms with Gasteiger partial charge in [0, 0.05) is 18.8 Å². The number of rotatable bonds is 5.